The first-order valence-electron chi connectivity index (χ1n) is 7.77. The van der Waals surface area contributed by atoms with Crippen LogP contribution >= 0.6 is 12.4 Å². The number of carbonyl (C=O) groups excluding carboxylic acids is 1. The van der Waals surface area contributed by atoms with Gasteiger partial charge in [-0.05, 0) is 56.2 Å². The van der Waals surface area contributed by atoms with E-state index in [-0.39, 0.29) is 24.4 Å². The molecule has 0 bridgehead atoms. The van der Waals surface area contributed by atoms with Gasteiger partial charge in [-0.3, -0.25) is 4.79 Å². The summed E-state index contributed by atoms with van der Waals surface area (Å²) >= 11 is 0. The molecule has 0 aromatic heterocycles. The topological polar surface area (TPSA) is 55.6 Å². The third-order valence-corrected chi connectivity index (χ3v) is 4.32. The summed E-state index contributed by atoms with van der Waals surface area (Å²) in [5, 5.41) is 0. The fourth-order valence-corrected chi connectivity index (χ4v) is 2.89. The zero-order chi connectivity index (χ0) is 15.2. The van der Waals surface area contributed by atoms with Gasteiger partial charge in [0.05, 0.1) is 13.2 Å². The van der Waals surface area contributed by atoms with Crippen molar-refractivity contribution < 1.29 is 9.53 Å². The number of methoxy groups -OCH3 is 1. The molecule has 124 valence electrons. The monoisotopic (exact) mass is 326 g/mol. The van der Waals surface area contributed by atoms with E-state index in [2.05, 4.69) is 12.1 Å². The number of rotatable bonds is 5. The SMILES string of the molecule is COc1ccc(CCC2CCN(C(=O)[C@@H](C)N)CC2)cc1.Cl. The lowest BCUT2D eigenvalue weighted by atomic mass is 9.90. The van der Waals surface area contributed by atoms with Crippen molar-refractivity contribution in [3.63, 3.8) is 0 Å². The summed E-state index contributed by atoms with van der Waals surface area (Å²) in [7, 11) is 1.69. The Morgan fingerprint density at radius 1 is 1.32 bits per heavy atom. The van der Waals surface area contributed by atoms with Gasteiger partial charge in [-0.1, -0.05) is 12.1 Å². The first-order chi connectivity index (χ1) is 10.1. The maximum Gasteiger partial charge on any atom is 0.239 e. The molecule has 0 saturated carbocycles. The average Bonchev–Trinajstić information content (AvgIpc) is 2.53. The van der Waals surface area contributed by atoms with Gasteiger partial charge < -0.3 is 15.4 Å². The highest BCUT2D eigenvalue weighted by atomic mass is 35.5. The molecule has 1 aliphatic heterocycles. The Morgan fingerprint density at radius 2 is 1.91 bits per heavy atom. The fraction of sp³-hybridized carbons (Fsp3) is 0.588. The van der Waals surface area contributed by atoms with E-state index in [0.29, 0.717) is 5.92 Å². The molecule has 5 heteroatoms. The van der Waals surface area contributed by atoms with E-state index in [9.17, 15) is 4.79 Å². The standard InChI is InChI=1S/C17H26N2O2.ClH/c1-13(18)17(20)19-11-9-15(10-12-19)4-3-14-5-7-16(21-2)8-6-14;/h5-8,13,15H,3-4,9-12,18H2,1-2H3;1H/t13-;/m1./s1. The van der Waals surface area contributed by atoms with Crippen LogP contribution in [-0.2, 0) is 11.2 Å². The molecule has 22 heavy (non-hydrogen) atoms. The van der Waals surface area contributed by atoms with Crippen molar-refractivity contribution in [2.75, 3.05) is 20.2 Å². The maximum absolute atomic E-state index is 11.8. The molecular formula is C17H27ClN2O2. The van der Waals surface area contributed by atoms with Crippen LogP contribution in [-0.4, -0.2) is 37.0 Å². The molecule has 1 aromatic rings. The summed E-state index contributed by atoms with van der Waals surface area (Å²) < 4.78 is 5.17. The minimum Gasteiger partial charge on any atom is -0.497 e. The maximum atomic E-state index is 11.8. The van der Waals surface area contributed by atoms with Crippen molar-refractivity contribution in [2.45, 2.75) is 38.6 Å². The van der Waals surface area contributed by atoms with E-state index < -0.39 is 0 Å². The third kappa shape index (κ3) is 5.18. The van der Waals surface area contributed by atoms with Crippen LogP contribution in [0.25, 0.3) is 0 Å². The van der Waals surface area contributed by atoms with E-state index in [1.807, 2.05) is 17.0 Å². The van der Waals surface area contributed by atoms with Crippen LogP contribution in [0, 0.1) is 5.92 Å². The summed E-state index contributed by atoms with van der Waals surface area (Å²) in [5.74, 6) is 1.70. The van der Waals surface area contributed by atoms with Gasteiger partial charge in [0.2, 0.25) is 5.91 Å². The van der Waals surface area contributed by atoms with Crippen LogP contribution in [0.5, 0.6) is 5.75 Å². The molecule has 1 saturated heterocycles. The first kappa shape index (κ1) is 18.8. The highest BCUT2D eigenvalue weighted by molar-refractivity contribution is 5.85. The van der Waals surface area contributed by atoms with Gasteiger partial charge in [0, 0.05) is 13.1 Å². The largest absolute Gasteiger partial charge is 0.497 e. The van der Waals surface area contributed by atoms with Gasteiger partial charge in [-0.15, -0.1) is 12.4 Å². The molecule has 2 rings (SSSR count). The number of halogens is 1. The molecule has 1 atom stereocenters. The van der Waals surface area contributed by atoms with Gasteiger partial charge in [-0.2, -0.15) is 0 Å². The summed E-state index contributed by atoms with van der Waals surface area (Å²) in [4.78, 5) is 13.7. The van der Waals surface area contributed by atoms with E-state index >= 15 is 0 Å². The van der Waals surface area contributed by atoms with Crippen molar-refractivity contribution >= 4 is 18.3 Å². The van der Waals surface area contributed by atoms with Crippen LogP contribution in [0.15, 0.2) is 24.3 Å². The molecule has 1 heterocycles. The Morgan fingerprint density at radius 3 is 2.41 bits per heavy atom. The third-order valence-electron chi connectivity index (χ3n) is 4.32. The Kier molecular flexibility index (Phi) is 7.69. The van der Waals surface area contributed by atoms with Crippen molar-refractivity contribution in [1.29, 1.82) is 0 Å². The fourth-order valence-electron chi connectivity index (χ4n) is 2.89. The van der Waals surface area contributed by atoms with Crippen molar-refractivity contribution in [3.8, 4) is 5.75 Å². The van der Waals surface area contributed by atoms with E-state index in [1.54, 1.807) is 14.0 Å². The number of nitrogens with two attached hydrogens (primary N) is 1. The van der Waals surface area contributed by atoms with Crippen LogP contribution in [0.2, 0.25) is 0 Å². The molecular weight excluding hydrogens is 300 g/mol. The Balaban J connectivity index is 0.00000242. The number of nitrogens with zero attached hydrogens (tertiary/aromatic N) is 1. The van der Waals surface area contributed by atoms with Crippen LogP contribution < -0.4 is 10.5 Å². The average molecular weight is 327 g/mol. The number of piperidine rings is 1. The molecule has 4 nitrogen and oxygen atoms in total. The van der Waals surface area contributed by atoms with Gasteiger partial charge >= 0.3 is 0 Å². The predicted molar refractivity (Wildman–Crippen MR) is 91.5 cm³/mol. The summed E-state index contributed by atoms with van der Waals surface area (Å²) in [6.07, 6.45) is 4.46. The molecule has 1 aromatic carbocycles. The van der Waals surface area contributed by atoms with Gasteiger partial charge in [0.1, 0.15) is 5.75 Å². The van der Waals surface area contributed by atoms with Crippen LogP contribution in [0.3, 0.4) is 0 Å². The number of benzene rings is 1. The number of hydrogen-bond donors (Lipinski definition) is 1. The summed E-state index contributed by atoms with van der Waals surface area (Å²) in [5.41, 5.74) is 7.01. The molecule has 1 fully saturated rings. The highest BCUT2D eigenvalue weighted by Gasteiger charge is 2.24. The summed E-state index contributed by atoms with van der Waals surface area (Å²) in [6.45, 7) is 3.47. The Hall–Kier alpha value is -1.26. The second-order valence-corrected chi connectivity index (χ2v) is 5.94. The lowest BCUT2D eigenvalue weighted by Crippen LogP contribution is -2.45. The van der Waals surface area contributed by atoms with Crippen molar-refractivity contribution in [2.24, 2.45) is 11.7 Å². The molecule has 2 N–H and O–H groups in total. The lowest BCUT2D eigenvalue weighted by molar-refractivity contribution is -0.133. The van der Waals surface area contributed by atoms with Crippen molar-refractivity contribution in [3.05, 3.63) is 29.8 Å². The predicted octanol–water partition coefficient (Wildman–Crippen LogP) is 2.64. The second kappa shape index (κ2) is 9.01. The number of likely N-dealkylation sites (tertiary alicyclic amines) is 1. The molecule has 1 aliphatic rings. The minimum atomic E-state index is -0.374. The second-order valence-electron chi connectivity index (χ2n) is 5.94. The number of ether oxygens (including phenoxy) is 1. The normalized spacial score (nSPS) is 16.8. The molecule has 0 unspecified atom stereocenters. The molecule has 0 spiro atoms. The molecule has 0 aliphatic carbocycles. The van der Waals surface area contributed by atoms with E-state index in [1.165, 1.54) is 12.0 Å². The zero-order valence-corrected chi connectivity index (χ0v) is 14.3. The number of carbonyl (C=O) groups is 1. The Bertz CT molecular complexity index is 454. The number of aryl methyl sites for hydroxylation is 1. The number of hydrogen-bond acceptors (Lipinski definition) is 3. The van der Waals surface area contributed by atoms with Crippen LogP contribution in [0.4, 0.5) is 0 Å². The minimum absolute atomic E-state index is 0. The lowest BCUT2D eigenvalue weighted by Gasteiger charge is -2.33. The van der Waals surface area contributed by atoms with Crippen molar-refractivity contribution in [1.82, 2.24) is 4.90 Å². The van der Waals surface area contributed by atoms with Crippen LogP contribution in [0.1, 0.15) is 31.7 Å². The zero-order valence-electron chi connectivity index (χ0n) is 13.5. The van der Waals surface area contributed by atoms with Gasteiger partial charge in [-0.25, -0.2) is 0 Å². The molecule has 0 radical (unpaired) electrons. The smallest absolute Gasteiger partial charge is 0.239 e. The van der Waals surface area contributed by atoms with Gasteiger partial charge in [0.25, 0.3) is 0 Å². The molecule has 1 amide bonds. The quantitative estimate of drug-likeness (QED) is 0.905. The van der Waals surface area contributed by atoms with E-state index in [4.69, 9.17) is 10.5 Å². The summed E-state index contributed by atoms with van der Waals surface area (Å²) in [6, 6.07) is 7.92. The number of amides is 1. The Labute approximate surface area is 139 Å². The highest BCUT2D eigenvalue weighted by Crippen LogP contribution is 2.23. The van der Waals surface area contributed by atoms with Gasteiger partial charge in [0.15, 0.2) is 0 Å². The van der Waals surface area contributed by atoms with E-state index in [0.717, 1.165) is 38.1 Å². The first-order valence-corrected chi connectivity index (χ1v) is 7.77.